The first-order valence-corrected chi connectivity index (χ1v) is 14.1. The maximum Gasteiger partial charge on any atom is 0.338 e. The fourth-order valence-electron chi connectivity index (χ4n) is 4.09. The topological polar surface area (TPSA) is 133 Å². The molecule has 0 aliphatic carbocycles. The highest BCUT2D eigenvalue weighted by atomic mass is 35.5. The molecule has 0 bridgehead atoms. The minimum absolute atomic E-state index is 0.0345. The van der Waals surface area contributed by atoms with Crippen molar-refractivity contribution in [1.82, 2.24) is 5.32 Å². The van der Waals surface area contributed by atoms with Gasteiger partial charge in [0.1, 0.15) is 5.76 Å². The molecule has 0 radical (unpaired) electrons. The molecule has 3 N–H and O–H groups in total. The molecule has 12 heteroatoms. The number of dihydropyridines is 1. The minimum atomic E-state index is -0.830. The van der Waals surface area contributed by atoms with Gasteiger partial charge >= 0.3 is 5.97 Å². The van der Waals surface area contributed by atoms with Crippen molar-refractivity contribution in [2.75, 3.05) is 23.0 Å². The number of rotatable bonds is 9. The van der Waals surface area contributed by atoms with Gasteiger partial charge in [-0.25, -0.2) is 4.79 Å². The maximum atomic E-state index is 13.5. The molecule has 0 saturated carbocycles. The van der Waals surface area contributed by atoms with E-state index in [0.717, 1.165) is 11.8 Å². The number of hydrogen-bond donors (Lipinski definition) is 3. The van der Waals surface area contributed by atoms with Crippen LogP contribution < -0.4 is 16.0 Å². The lowest BCUT2D eigenvalue weighted by atomic mass is 9.85. The fraction of sp³-hybridized carbons (Fsp3) is 0.172. The molecular formula is C29H24Cl2N4O5S. The quantitative estimate of drug-likeness (QED) is 0.235. The van der Waals surface area contributed by atoms with Gasteiger partial charge in [-0.2, -0.15) is 5.26 Å². The minimum Gasteiger partial charge on any atom is -0.468 e. The van der Waals surface area contributed by atoms with Crippen LogP contribution >= 0.6 is 35.0 Å². The van der Waals surface area contributed by atoms with Crippen molar-refractivity contribution in [2.45, 2.75) is 19.8 Å². The summed E-state index contributed by atoms with van der Waals surface area (Å²) in [6, 6.07) is 16.6. The van der Waals surface area contributed by atoms with Gasteiger partial charge in [0, 0.05) is 16.4 Å². The molecule has 0 spiro atoms. The van der Waals surface area contributed by atoms with Gasteiger partial charge in [-0.05, 0) is 68.4 Å². The normalized spacial score (nSPS) is 14.7. The van der Waals surface area contributed by atoms with Crippen LogP contribution in [-0.4, -0.2) is 30.1 Å². The SMILES string of the molecule is CCOC(=O)c1ccc(NC(=O)CSC2=C(C#N)[C@@H](c3ccco3)C(C(=O)Nc3ccc(Cl)cc3Cl)=C(C)N2)cc1. The van der Waals surface area contributed by atoms with Gasteiger partial charge in [-0.15, -0.1) is 0 Å². The summed E-state index contributed by atoms with van der Waals surface area (Å²) >= 11 is 13.3. The molecule has 9 nitrogen and oxygen atoms in total. The zero-order chi connectivity index (χ0) is 29.5. The van der Waals surface area contributed by atoms with Gasteiger partial charge < -0.3 is 25.1 Å². The number of nitrogens with zero attached hydrogens (tertiary/aromatic N) is 1. The number of anilines is 2. The lowest BCUT2D eigenvalue weighted by molar-refractivity contribution is -0.114. The molecule has 2 amide bonds. The first-order valence-electron chi connectivity index (χ1n) is 12.3. The van der Waals surface area contributed by atoms with Gasteiger partial charge in [0.15, 0.2) is 0 Å². The Bertz CT molecular complexity index is 1580. The molecule has 1 aliphatic rings. The van der Waals surface area contributed by atoms with Gasteiger partial charge in [0.05, 0.1) is 63.1 Å². The number of thioether (sulfide) groups is 1. The molecule has 2 aromatic carbocycles. The second-order valence-corrected chi connectivity index (χ2v) is 10.5. The van der Waals surface area contributed by atoms with E-state index >= 15 is 0 Å². The summed E-state index contributed by atoms with van der Waals surface area (Å²) in [7, 11) is 0. The first-order chi connectivity index (χ1) is 19.7. The summed E-state index contributed by atoms with van der Waals surface area (Å²) in [5.74, 6) is -1.74. The van der Waals surface area contributed by atoms with Gasteiger partial charge in [-0.3, -0.25) is 9.59 Å². The summed E-state index contributed by atoms with van der Waals surface area (Å²) in [5.41, 5.74) is 2.19. The highest BCUT2D eigenvalue weighted by Gasteiger charge is 2.36. The lowest BCUT2D eigenvalue weighted by Gasteiger charge is -2.28. The molecule has 1 aliphatic heterocycles. The van der Waals surface area contributed by atoms with Gasteiger partial charge in [0.2, 0.25) is 5.91 Å². The number of furan rings is 1. The monoisotopic (exact) mass is 610 g/mol. The van der Waals surface area contributed by atoms with E-state index in [0.29, 0.717) is 38.4 Å². The maximum absolute atomic E-state index is 13.5. The molecule has 1 atom stereocenters. The standard InChI is InChI=1S/C29H24Cl2N4O5S/c1-3-39-29(38)17-6-9-19(10-7-17)34-24(36)15-41-28-20(14-32)26(23-5-4-12-40-23)25(16(2)33-28)27(37)35-22-11-8-18(30)13-21(22)31/h4-13,26,33H,3,15H2,1-2H3,(H,34,36)(H,35,37)/t26-/m0/s1. The number of allylic oxidation sites excluding steroid dienone is 2. The molecule has 0 unspecified atom stereocenters. The summed E-state index contributed by atoms with van der Waals surface area (Å²) in [6.07, 6.45) is 1.46. The third kappa shape index (κ3) is 7.13. The number of nitrogens with one attached hydrogen (secondary N) is 3. The number of carbonyl (C=O) groups is 3. The van der Waals surface area contributed by atoms with Crippen LogP contribution in [0, 0.1) is 11.3 Å². The molecule has 210 valence electrons. The summed E-state index contributed by atoms with van der Waals surface area (Å²) < 4.78 is 10.6. The van der Waals surface area contributed by atoms with Crippen molar-refractivity contribution < 1.29 is 23.5 Å². The van der Waals surface area contributed by atoms with Crippen LogP contribution in [0.3, 0.4) is 0 Å². The predicted molar refractivity (Wildman–Crippen MR) is 159 cm³/mol. The number of hydrogen-bond acceptors (Lipinski definition) is 8. The van der Waals surface area contributed by atoms with Crippen LogP contribution in [0.4, 0.5) is 11.4 Å². The Kier molecular flexibility index (Phi) is 9.78. The first kappa shape index (κ1) is 29.8. The van der Waals surface area contributed by atoms with Gasteiger partial charge in [-0.1, -0.05) is 35.0 Å². The van der Waals surface area contributed by atoms with E-state index in [-0.39, 0.29) is 34.4 Å². The smallest absolute Gasteiger partial charge is 0.338 e. The van der Waals surface area contributed by atoms with Crippen LogP contribution in [-0.2, 0) is 14.3 Å². The number of ether oxygens (including phenoxy) is 1. The van der Waals surface area contributed by atoms with E-state index in [9.17, 15) is 19.6 Å². The van der Waals surface area contributed by atoms with E-state index in [1.54, 1.807) is 62.4 Å². The van der Waals surface area contributed by atoms with Crippen molar-refractivity contribution in [2.24, 2.45) is 0 Å². The number of benzene rings is 2. The third-order valence-electron chi connectivity index (χ3n) is 5.93. The third-order valence-corrected chi connectivity index (χ3v) is 7.49. The zero-order valence-corrected chi connectivity index (χ0v) is 24.2. The largest absolute Gasteiger partial charge is 0.468 e. The fourth-order valence-corrected chi connectivity index (χ4v) is 5.43. The van der Waals surface area contributed by atoms with E-state index in [4.69, 9.17) is 32.4 Å². The number of esters is 1. The Balaban J connectivity index is 1.52. The summed E-state index contributed by atoms with van der Waals surface area (Å²) in [4.78, 5) is 38.0. The highest BCUT2D eigenvalue weighted by Crippen LogP contribution is 2.41. The molecule has 1 aromatic heterocycles. The Morgan fingerprint density at radius 3 is 2.51 bits per heavy atom. The molecule has 4 rings (SSSR count). The molecule has 3 aromatic rings. The Labute approximate surface area is 250 Å². The molecule has 41 heavy (non-hydrogen) atoms. The van der Waals surface area contributed by atoms with E-state index < -0.39 is 17.8 Å². The Morgan fingerprint density at radius 1 is 1.12 bits per heavy atom. The average Bonchev–Trinajstić information content (AvgIpc) is 3.48. The number of nitriles is 1. The van der Waals surface area contributed by atoms with Crippen LogP contribution in [0.1, 0.15) is 35.9 Å². The number of amides is 2. The van der Waals surface area contributed by atoms with Crippen molar-refractivity contribution in [3.05, 3.63) is 104 Å². The molecule has 0 saturated heterocycles. The van der Waals surface area contributed by atoms with Crippen molar-refractivity contribution in [3.8, 4) is 6.07 Å². The second-order valence-electron chi connectivity index (χ2n) is 8.68. The molecule has 2 heterocycles. The Hall–Kier alpha value is -4.17. The van der Waals surface area contributed by atoms with Gasteiger partial charge in [0.25, 0.3) is 5.91 Å². The van der Waals surface area contributed by atoms with Crippen molar-refractivity contribution in [1.29, 1.82) is 5.26 Å². The number of halogens is 2. The zero-order valence-electron chi connectivity index (χ0n) is 21.9. The highest BCUT2D eigenvalue weighted by molar-refractivity contribution is 8.03. The van der Waals surface area contributed by atoms with Crippen LogP contribution in [0.2, 0.25) is 10.0 Å². The Morgan fingerprint density at radius 2 is 1.88 bits per heavy atom. The van der Waals surface area contributed by atoms with Crippen molar-refractivity contribution in [3.63, 3.8) is 0 Å². The molecule has 0 fully saturated rings. The number of carbonyl (C=O) groups excluding carboxylic acids is 3. The van der Waals surface area contributed by atoms with E-state index in [2.05, 4.69) is 22.0 Å². The van der Waals surface area contributed by atoms with E-state index in [1.807, 2.05) is 0 Å². The summed E-state index contributed by atoms with van der Waals surface area (Å²) in [5, 5.41) is 19.9. The molecular weight excluding hydrogens is 587 g/mol. The average molecular weight is 612 g/mol. The predicted octanol–water partition coefficient (Wildman–Crippen LogP) is 6.47. The second kappa shape index (κ2) is 13.5. The van der Waals surface area contributed by atoms with Crippen LogP contribution in [0.25, 0.3) is 0 Å². The summed E-state index contributed by atoms with van der Waals surface area (Å²) in [6.45, 7) is 3.69. The lowest BCUT2D eigenvalue weighted by Crippen LogP contribution is -2.31. The van der Waals surface area contributed by atoms with Crippen LogP contribution in [0.15, 0.2) is 87.1 Å². The van der Waals surface area contributed by atoms with E-state index in [1.165, 1.54) is 12.3 Å². The van der Waals surface area contributed by atoms with Crippen molar-refractivity contribution >= 4 is 64.1 Å². The van der Waals surface area contributed by atoms with Crippen LogP contribution in [0.5, 0.6) is 0 Å².